The number of nitrogens with one attached hydrogen (secondary N) is 1. The van der Waals surface area contributed by atoms with E-state index in [1.165, 1.54) is 51.5 Å². The van der Waals surface area contributed by atoms with E-state index >= 15 is 0 Å². The number of nitrogens with zero attached hydrogens (tertiary/aromatic N) is 1. The van der Waals surface area contributed by atoms with Gasteiger partial charge in [0, 0.05) is 23.5 Å². The summed E-state index contributed by atoms with van der Waals surface area (Å²) in [5.74, 6) is 0.695. The average Bonchev–Trinajstić information content (AvgIpc) is 2.91. The number of likely N-dealkylation sites (tertiary alicyclic amines) is 1. The van der Waals surface area contributed by atoms with E-state index in [0.29, 0.717) is 11.8 Å². The molecule has 0 aromatic heterocycles. The molecule has 1 atom stereocenters. The Hall–Kier alpha value is -1.00. The maximum absolute atomic E-state index is 12.3. The normalized spacial score (nSPS) is 23.6. The van der Waals surface area contributed by atoms with Crippen LogP contribution in [0.3, 0.4) is 0 Å². The van der Waals surface area contributed by atoms with E-state index in [2.05, 4.69) is 22.3 Å². The van der Waals surface area contributed by atoms with Crippen LogP contribution in [-0.4, -0.2) is 41.7 Å². The number of piperidine rings is 1. The lowest BCUT2D eigenvalue weighted by molar-refractivity contribution is -0.119. The Balaban J connectivity index is 1.43. The lowest BCUT2D eigenvalue weighted by Crippen LogP contribution is -2.51. The summed E-state index contributed by atoms with van der Waals surface area (Å²) in [5, 5.41) is 3.27. The van der Waals surface area contributed by atoms with E-state index in [4.69, 9.17) is 0 Å². The molecule has 1 aliphatic heterocycles. The van der Waals surface area contributed by atoms with E-state index in [-0.39, 0.29) is 5.91 Å². The Kier molecular flexibility index (Phi) is 7.03. The second-order valence-corrected chi connectivity index (χ2v) is 8.20. The zero-order valence-corrected chi connectivity index (χ0v) is 15.4. The molecule has 1 aliphatic carbocycles. The third-order valence-corrected chi connectivity index (χ3v) is 6.28. The maximum Gasteiger partial charge on any atom is 0.230 e. The highest BCUT2D eigenvalue weighted by molar-refractivity contribution is 8.00. The van der Waals surface area contributed by atoms with Crippen LogP contribution in [-0.2, 0) is 4.79 Å². The predicted molar refractivity (Wildman–Crippen MR) is 101 cm³/mol. The van der Waals surface area contributed by atoms with Crippen molar-refractivity contribution >= 4 is 17.7 Å². The van der Waals surface area contributed by atoms with E-state index < -0.39 is 0 Å². The van der Waals surface area contributed by atoms with Gasteiger partial charge in [-0.2, -0.15) is 0 Å². The van der Waals surface area contributed by atoms with Crippen LogP contribution in [0.2, 0.25) is 0 Å². The fourth-order valence-electron chi connectivity index (χ4n) is 4.01. The molecular formula is C20H30N2OS. The van der Waals surface area contributed by atoms with Gasteiger partial charge in [-0.3, -0.25) is 9.69 Å². The molecule has 0 unspecified atom stereocenters. The monoisotopic (exact) mass is 346 g/mol. The molecule has 3 nitrogen and oxygen atoms in total. The third-order valence-electron chi connectivity index (χ3n) is 5.27. The minimum atomic E-state index is 0.177. The molecule has 1 amide bonds. The van der Waals surface area contributed by atoms with Crippen molar-refractivity contribution < 1.29 is 4.79 Å². The van der Waals surface area contributed by atoms with Crippen molar-refractivity contribution in [3.8, 4) is 0 Å². The Bertz CT molecular complexity index is 500. The van der Waals surface area contributed by atoms with Gasteiger partial charge in [0.25, 0.3) is 0 Å². The molecule has 1 N–H and O–H groups in total. The molecule has 0 bridgehead atoms. The summed E-state index contributed by atoms with van der Waals surface area (Å²) in [7, 11) is 0. The lowest BCUT2D eigenvalue weighted by Gasteiger charge is -2.38. The van der Waals surface area contributed by atoms with Gasteiger partial charge in [0.1, 0.15) is 0 Å². The fourth-order valence-corrected chi connectivity index (χ4v) is 4.74. The van der Waals surface area contributed by atoms with E-state index in [1.807, 2.05) is 18.2 Å². The number of amides is 1. The van der Waals surface area contributed by atoms with Gasteiger partial charge in [-0.15, -0.1) is 11.8 Å². The molecule has 132 valence electrons. The first-order valence-electron chi connectivity index (χ1n) is 9.52. The average molecular weight is 347 g/mol. The number of carbonyl (C=O) groups excluding carboxylic acids is 1. The molecule has 3 rings (SSSR count). The number of carbonyl (C=O) groups is 1. The molecule has 4 heteroatoms. The van der Waals surface area contributed by atoms with Gasteiger partial charge >= 0.3 is 0 Å². The topological polar surface area (TPSA) is 32.3 Å². The number of benzene rings is 1. The van der Waals surface area contributed by atoms with Crippen LogP contribution in [0.1, 0.15) is 51.4 Å². The molecule has 1 saturated heterocycles. The van der Waals surface area contributed by atoms with Crippen molar-refractivity contribution in [1.82, 2.24) is 10.2 Å². The summed E-state index contributed by atoms with van der Waals surface area (Å²) in [5.41, 5.74) is 0. The SMILES string of the molecule is O=C(CSc1ccccc1)N[C@H]1CCCN(C2CCCCCC2)C1. The fraction of sp³-hybridized carbons (Fsp3) is 0.650. The third kappa shape index (κ3) is 5.52. The van der Waals surface area contributed by atoms with E-state index in [1.54, 1.807) is 11.8 Å². The van der Waals surface area contributed by atoms with Crippen molar-refractivity contribution in [2.24, 2.45) is 0 Å². The largest absolute Gasteiger partial charge is 0.351 e. The van der Waals surface area contributed by atoms with Crippen LogP contribution in [0.15, 0.2) is 35.2 Å². The van der Waals surface area contributed by atoms with Gasteiger partial charge in [-0.1, -0.05) is 43.9 Å². The number of thioether (sulfide) groups is 1. The van der Waals surface area contributed by atoms with Crippen LogP contribution in [0.4, 0.5) is 0 Å². The van der Waals surface area contributed by atoms with Crippen LogP contribution in [0, 0.1) is 0 Å². The zero-order chi connectivity index (χ0) is 16.6. The second-order valence-electron chi connectivity index (χ2n) is 7.15. The molecule has 0 spiro atoms. The quantitative estimate of drug-likeness (QED) is 0.644. The van der Waals surface area contributed by atoms with Crippen LogP contribution >= 0.6 is 11.8 Å². The Morgan fingerprint density at radius 1 is 1.04 bits per heavy atom. The van der Waals surface area contributed by atoms with E-state index in [9.17, 15) is 4.79 Å². The van der Waals surface area contributed by atoms with Gasteiger partial charge in [0.05, 0.1) is 5.75 Å². The van der Waals surface area contributed by atoms with E-state index in [0.717, 1.165) is 23.9 Å². The second kappa shape index (κ2) is 9.47. The summed E-state index contributed by atoms with van der Waals surface area (Å²) in [6, 6.07) is 11.3. The lowest BCUT2D eigenvalue weighted by atomic mass is 10.00. The molecule has 0 radical (unpaired) electrons. The molecule has 1 aromatic rings. The molecule has 1 aromatic carbocycles. The van der Waals surface area contributed by atoms with Gasteiger partial charge < -0.3 is 5.32 Å². The van der Waals surface area contributed by atoms with Crippen molar-refractivity contribution in [2.45, 2.75) is 68.3 Å². The molecule has 1 heterocycles. The number of rotatable bonds is 5. The molecule has 2 aliphatic rings. The van der Waals surface area contributed by atoms with Crippen LogP contribution in [0.25, 0.3) is 0 Å². The minimum absolute atomic E-state index is 0.177. The van der Waals surface area contributed by atoms with Gasteiger partial charge in [-0.05, 0) is 44.4 Å². The Morgan fingerprint density at radius 2 is 1.79 bits per heavy atom. The predicted octanol–water partition coefficient (Wildman–Crippen LogP) is 4.08. The number of hydrogen-bond acceptors (Lipinski definition) is 3. The molecular weight excluding hydrogens is 316 g/mol. The highest BCUT2D eigenvalue weighted by Crippen LogP contribution is 2.25. The smallest absolute Gasteiger partial charge is 0.230 e. The first-order chi connectivity index (χ1) is 11.8. The Morgan fingerprint density at radius 3 is 2.54 bits per heavy atom. The molecule has 24 heavy (non-hydrogen) atoms. The zero-order valence-electron chi connectivity index (χ0n) is 14.6. The van der Waals surface area contributed by atoms with Crippen molar-refractivity contribution in [3.05, 3.63) is 30.3 Å². The first kappa shape index (κ1) is 17.8. The molecule has 1 saturated carbocycles. The summed E-state index contributed by atoms with van der Waals surface area (Å²) >= 11 is 1.62. The van der Waals surface area contributed by atoms with Crippen molar-refractivity contribution in [2.75, 3.05) is 18.8 Å². The number of hydrogen-bond donors (Lipinski definition) is 1. The summed E-state index contributed by atoms with van der Waals surface area (Å²) < 4.78 is 0. The van der Waals surface area contributed by atoms with Crippen LogP contribution < -0.4 is 5.32 Å². The maximum atomic E-state index is 12.3. The minimum Gasteiger partial charge on any atom is -0.351 e. The highest BCUT2D eigenvalue weighted by atomic mass is 32.2. The summed E-state index contributed by atoms with van der Waals surface area (Å²) in [4.78, 5) is 16.1. The Labute approximate surface area is 150 Å². The first-order valence-corrected chi connectivity index (χ1v) is 10.5. The van der Waals surface area contributed by atoms with Crippen molar-refractivity contribution in [1.29, 1.82) is 0 Å². The van der Waals surface area contributed by atoms with Gasteiger partial charge in [0.15, 0.2) is 0 Å². The van der Waals surface area contributed by atoms with Crippen molar-refractivity contribution in [3.63, 3.8) is 0 Å². The van der Waals surface area contributed by atoms with Gasteiger partial charge in [-0.25, -0.2) is 0 Å². The molecule has 2 fully saturated rings. The van der Waals surface area contributed by atoms with Crippen LogP contribution in [0.5, 0.6) is 0 Å². The van der Waals surface area contributed by atoms with Gasteiger partial charge in [0.2, 0.25) is 5.91 Å². The summed E-state index contributed by atoms with van der Waals surface area (Å²) in [6.07, 6.45) is 10.6. The standard InChI is InChI=1S/C20H30N2OS/c23-20(16-24-19-12-6-3-7-13-19)21-17-9-8-14-22(15-17)18-10-4-1-2-5-11-18/h3,6-7,12-13,17-18H,1-2,4-5,8-11,14-16H2,(H,21,23)/t17-/m0/s1. The summed E-state index contributed by atoms with van der Waals surface area (Å²) in [6.45, 7) is 2.27. The highest BCUT2D eigenvalue weighted by Gasteiger charge is 2.27.